The number of hydrogen-bond acceptors (Lipinski definition) is 7. The molecule has 2 aromatic heterocycles. The lowest BCUT2D eigenvalue weighted by Gasteiger charge is -2.24. The van der Waals surface area contributed by atoms with Gasteiger partial charge >= 0.3 is 5.91 Å². The van der Waals surface area contributed by atoms with E-state index in [4.69, 9.17) is 4.74 Å². The van der Waals surface area contributed by atoms with E-state index in [1.54, 1.807) is 42.8 Å². The topological polar surface area (TPSA) is 79.7 Å². The molecule has 1 unspecified atom stereocenters. The zero-order chi connectivity index (χ0) is 26.6. The Balaban J connectivity index is 1.71. The van der Waals surface area contributed by atoms with E-state index in [1.807, 2.05) is 20.8 Å². The van der Waals surface area contributed by atoms with Crippen LogP contribution in [0.5, 0.6) is 5.75 Å². The number of fused-ring (bicyclic) bond motifs is 1. The number of ether oxygens (including phenoxy) is 1. The second-order valence-electron chi connectivity index (χ2n) is 9.58. The van der Waals surface area contributed by atoms with Gasteiger partial charge in [0.05, 0.1) is 22.9 Å². The van der Waals surface area contributed by atoms with E-state index in [2.05, 4.69) is 4.98 Å². The molecule has 2 aromatic carbocycles. The molecule has 1 atom stereocenters. The highest BCUT2D eigenvalue weighted by atomic mass is 32.1. The average Bonchev–Trinajstić information content (AvgIpc) is 3.57. The fraction of sp³-hybridized carbons (Fsp3) is 0.222. The summed E-state index contributed by atoms with van der Waals surface area (Å²) in [6.07, 6.45) is 0. The van der Waals surface area contributed by atoms with Crippen molar-refractivity contribution in [3.63, 3.8) is 0 Å². The van der Waals surface area contributed by atoms with E-state index in [1.165, 1.54) is 16.2 Å². The number of nitrogens with zero attached hydrogens (tertiary/aromatic N) is 2. The number of carbonyl (C=O) groups is 2. The van der Waals surface area contributed by atoms with E-state index in [9.17, 15) is 23.5 Å². The van der Waals surface area contributed by atoms with Crippen LogP contribution in [-0.4, -0.2) is 28.9 Å². The second-order valence-corrected chi connectivity index (χ2v) is 11.6. The van der Waals surface area contributed by atoms with Crippen LogP contribution in [0.15, 0.2) is 53.4 Å². The Morgan fingerprint density at radius 1 is 1.11 bits per heavy atom. The number of aromatic nitrogens is 1. The number of benzene rings is 2. The summed E-state index contributed by atoms with van der Waals surface area (Å²) >= 11 is 2.27. The number of anilines is 1. The molecule has 1 aliphatic heterocycles. The van der Waals surface area contributed by atoms with Crippen LogP contribution in [0.4, 0.5) is 13.9 Å². The molecule has 190 valence electrons. The quantitative estimate of drug-likeness (QED) is 0.180. The molecule has 0 spiro atoms. The smallest absolute Gasteiger partial charge is 0.301 e. The molecule has 10 heteroatoms. The van der Waals surface area contributed by atoms with Gasteiger partial charge in [-0.2, -0.15) is 0 Å². The van der Waals surface area contributed by atoms with Crippen LogP contribution in [0, 0.1) is 11.6 Å². The molecule has 0 bridgehead atoms. The first-order valence-electron chi connectivity index (χ1n) is 11.3. The minimum absolute atomic E-state index is 0.0888. The molecule has 4 aromatic rings. The van der Waals surface area contributed by atoms with Crippen molar-refractivity contribution in [2.75, 3.05) is 12.0 Å². The number of thiazole rings is 1. The maximum absolute atomic E-state index is 13.8. The molecule has 6 nitrogen and oxygen atoms in total. The number of carbonyl (C=O) groups excluding carboxylic acids is 2. The van der Waals surface area contributed by atoms with Crippen LogP contribution in [0.1, 0.15) is 42.8 Å². The van der Waals surface area contributed by atoms with Crippen molar-refractivity contribution in [1.29, 1.82) is 0 Å². The molecule has 5 rings (SSSR count). The van der Waals surface area contributed by atoms with Crippen molar-refractivity contribution in [2.45, 2.75) is 32.2 Å². The third kappa shape index (κ3) is 4.19. The zero-order valence-corrected chi connectivity index (χ0v) is 22.0. The van der Waals surface area contributed by atoms with E-state index in [0.29, 0.717) is 20.9 Å². The van der Waals surface area contributed by atoms with E-state index in [0.717, 1.165) is 29.0 Å². The summed E-state index contributed by atoms with van der Waals surface area (Å²) in [5, 5.41) is 13.3. The Labute approximate surface area is 219 Å². The second kappa shape index (κ2) is 9.04. The van der Waals surface area contributed by atoms with Gasteiger partial charge in [-0.1, -0.05) is 38.2 Å². The number of aliphatic hydroxyl groups is 1. The summed E-state index contributed by atoms with van der Waals surface area (Å²) in [5.41, 5.74) is 0.923. The number of ketones is 1. The van der Waals surface area contributed by atoms with Crippen LogP contribution in [0.2, 0.25) is 0 Å². The fourth-order valence-electron chi connectivity index (χ4n) is 4.36. The lowest BCUT2D eigenvalue weighted by atomic mass is 9.84. The monoisotopic (exact) mass is 540 g/mol. The number of amides is 1. The van der Waals surface area contributed by atoms with Gasteiger partial charge in [-0.3, -0.25) is 14.5 Å². The Kier molecular flexibility index (Phi) is 6.12. The van der Waals surface area contributed by atoms with Crippen LogP contribution >= 0.6 is 22.7 Å². The van der Waals surface area contributed by atoms with Crippen LogP contribution in [0.25, 0.3) is 16.0 Å². The van der Waals surface area contributed by atoms with E-state index >= 15 is 0 Å². The Bertz CT molecular complexity index is 1550. The maximum atomic E-state index is 13.8. The number of halogens is 2. The van der Waals surface area contributed by atoms with Crippen molar-refractivity contribution >= 4 is 55.5 Å². The normalized spacial score (nSPS) is 17.7. The third-order valence-electron chi connectivity index (χ3n) is 6.16. The van der Waals surface area contributed by atoms with Crippen molar-refractivity contribution in [2.24, 2.45) is 0 Å². The number of hydrogen-bond donors (Lipinski definition) is 1. The van der Waals surface area contributed by atoms with Gasteiger partial charge in [0.2, 0.25) is 0 Å². The first-order valence-corrected chi connectivity index (χ1v) is 13.0. The third-order valence-corrected chi connectivity index (χ3v) is 8.11. The molecule has 1 N–H and O–H groups in total. The standard InChI is InChI=1S/C27H22F2N2O4S2/c1-27(2,3)14-10-13(7-8-18(14)35-4)23(32)21-22(19-6-5-9-36-19)31(25(34)24(21)33)26-30-17-11-15(28)16(29)12-20(17)37-26/h5-12,22,32H,1-4H3/b23-21+. The van der Waals surface area contributed by atoms with E-state index < -0.39 is 29.4 Å². The minimum atomic E-state index is -1.06. The molecule has 0 radical (unpaired) electrons. The van der Waals surface area contributed by atoms with Gasteiger partial charge in [0, 0.05) is 22.1 Å². The first-order chi connectivity index (χ1) is 17.5. The zero-order valence-electron chi connectivity index (χ0n) is 20.3. The van der Waals surface area contributed by atoms with Gasteiger partial charge in [0.25, 0.3) is 5.78 Å². The van der Waals surface area contributed by atoms with Crippen LogP contribution in [-0.2, 0) is 15.0 Å². The highest BCUT2D eigenvalue weighted by Gasteiger charge is 2.48. The number of rotatable bonds is 4. The van der Waals surface area contributed by atoms with Crippen LogP contribution < -0.4 is 9.64 Å². The van der Waals surface area contributed by atoms with Crippen molar-refractivity contribution < 1.29 is 28.2 Å². The Morgan fingerprint density at radius 2 is 1.84 bits per heavy atom. The van der Waals surface area contributed by atoms with Gasteiger partial charge in [-0.05, 0) is 41.1 Å². The molecule has 1 aliphatic rings. The molecular formula is C27H22F2N2O4S2. The van der Waals surface area contributed by atoms with Crippen molar-refractivity contribution in [3.05, 3.63) is 81.1 Å². The highest BCUT2D eigenvalue weighted by molar-refractivity contribution is 7.22. The molecule has 1 saturated heterocycles. The molecular weight excluding hydrogens is 518 g/mol. The lowest BCUT2D eigenvalue weighted by Crippen LogP contribution is -2.28. The summed E-state index contributed by atoms with van der Waals surface area (Å²) in [7, 11) is 1.56. The summed E-state index contributed by atoms with van der Waals surface area (Å²) in [6, 6.07) is 9.61. The largest absolute Gasteiger partial charge is 0.507 e. The maximum Gasteiger partial charge on any atom is 0.301 e. The average molecular weight is 541 g/mol. The molecule has 1 fully saturated rings. The Hall–Kier alpha value is -3.63. The van der Waals surface area contributed by atoms with E-state index in [-0.39, 0.29) is 27.4 Å². The summed E-state index contributed by atoms with van der Waals surface area (Å²) in [6.45, 7) is 5.99. The lowest BCUT2D eigenvalue weighted by molar-refractivity contribution is -0.132. The van der Waals surface area contributed by atoms with Gasteiger partial charge in [-0.25, -0.2) is 13.8 Å². The minimum Gasteiger partial charge on any atom is -0.507 e. The molecule has 1 amide bonds. The molecule has 37 heavy (non-hydrogen) atoms. The van der Waals surface area contributed by atoms with Gasteiger partial charge in [0.1, 0.15) is 17.6 Å². The highest BCUT2D eigenvalue weighted by Crippen LogP contribution is 2.46. The predicted molar refractivity (Wildman–Crippen MR) is 140 cm³/mol. The number of methoxy groups -OCH3 is 1. The summed E-state index contributed by atoms with van der Waals surface area (Å²) in [5.74, 6) is -3.55. The van der Waals surface area contributed by atoms with Crippen molar-refractivity contribution in [1.82, 2.24) is 4.98 Å². The first kappa shape index (κ1) is 25.0. The fourth-order valence-corrected chi connectivity index (χ4v) is 6.18. The van der Waals surface area contributed by atoms with Crippen LogP contribution in [0.3, 0.4) is 0 Å². The molecule has 3 heterocycles. The molecule has 0 saturated carbocycles. The number of aliphatic hydroxyl groups excluding tert-OH is 1. The predicted octanol–water partition coefficient (Wildman–Crippen LogP) is 6.57. The van der Waals surface area contributed by atoms with Gasteiger partial charge < -0.3 is 9.84 Å². The number of Topliss-reactive ketones (excluding diaryl/α,β-unsaturated/α-hetero) is 1. The number of thiophene rings is 1. The van der Waals surface area contributed by atoms with Gasteiger partial charge in [-0.15, -0.1) is 11.3 Å². The summed E-state index contributed by atoms with van der Waals surface area (Å²) < 4.78 is 33.4. The molecule has 0 aliphatic carbocycles. The van der Waals surface area contributed by atoms with Crippen molar-refractivity contribution in [3.8, 4) is 5.75 Å². The SMILES string of the molecule is COc1ccc(/C(O)=C2\C(=O)C(=O)N(c3nc4cc(F)c(F)cc4s3)C2c2cccs2)cc1C(C)(C)C. The van der Waals surface area contributed by atoms with Gasteiger partial charge in [0.15, 0.2) is 16.8 Å². The summed E-state index contributed by atoms with van der Waals surface area (Å²) in [4.78, 5) is 32.8. The Morgan fingerprint density at radius 3 is 2.49 bits per heavy atom.